The monoisotopic (exact) mass is 730 g/mol. The van der Waals surface area contributed by atoms with E-state index >= 15 is 0 Å². The third-order valence-corrected chi connectivity index (χ3v) is 12.6. The summed E-state index contributed by atoms with van der Waals surface area (Å²) in [5.74, 6) is 0.709. The Morgan fingerprint density at radius 1 is 0.357 bits per heavy atom. The van der Waals surface area contributed by atoms with Crippen LogP contribution in [0.25, 0.3) is 76.3 Å². The van der Waals surface area contributed by atoms with Crippen LogP contribution in [0.4, 0.5) is 0 Å². The smallest absolute Gasteiger partial charge is 0.160 e. The highest BCUT2D eigenvalue weighted by atomic mass is 32.1. The minimum absolute atomic E-state index is 0.444. The van der Waals surface area contributed by atoms with Gasteiger partial charge in [-0.05, 0) is 56.6 Å². The Morgan fingerprint density at radius 3 is 1.54 bits per heavy atom. The zero-order chi connectivity index (χ0) is 37.1. The van der Waals surface area contributed by atoms with E-state index in [0.29, 0.717) is 5.82 Å². The van der Waals surface area contributed by atoms with E-state index < -0.39 is 5.41 Å². The summed E-state index contributed by atoms with van der Waals surface area (Å²) < 4.78 is 2.63. The van der Waals surface area contributed by atoms with E-state index in [9.17, 15) is 0 Å². The molecule has 2 nitrogen and oxygen atoms in total. The van der Waals surface area contributed by atoms with Crippen LogP contribution < -0.4 is 0 Å². The van der Waals surface area contributed by atoms with Gasteiger partial charge in [0.1, 0.15) is 0 Å². The van der Waals surface area contributed by atoms with Gasteiger partial charge in [0, 0.05) is 36.9 Å². The number of rotatable bonds is 6. The molecule has 0 aliphatic heterocycles. The molecule has 262 valence electrons. The average Bonchev–Trinajstić information content (AvgIpc) is 3.81. The molecule has 8 aromatic carbocycles. The van der Waals surface area contributed by atoms with Crippen LogP contribution in [0.3, 0.4) is 0 Å². The normalized spacial score (nSPS) is 12.8. The van der Waals surface area contributed by atoms with Crippen molar-refractivity contribution in [2.24, 2.45) is 0 Å². The molecule has 0 atom stereocenters. The molecule has 1 aliphatic carbocycles. The van der Waals surface area contributed by atoms with E-state index in [2.05, 4.69) is 188 Å². The van der Waals surface area contributed by atoms with E-state index in [4.69, 9.17) is 9.97 Å². The molecule has 11 rings (SSSR count). The van der Waals surface area contributed by atoms with Crippen LogP contribution in [0.1, 0.15) is 22.3 Å². The number of benzene rings is 8. The van der Waals surface area contributed by atoms with Gasteiger partial charge in [-0.3, -0.25) is 0 Å². The number of aromatic nitrogens is 2. The molecular weight excluding hydrogens is 697 g/mol. The Morgan fingerprint density at radius 2 is 0.857 bits per heavy atom. The van der Waals surface area contributed by atoms with Crippen LogP contribution in [0.15, 0.2) is 206 Å². The SMILES string of the molecule is c1ccc(-c2nc(-c3ccc(-c4cccc5c4sc4ccccc45)cc3)cc(-c3ccc(C4(c5ccccc5)c5ccccc5-c5ccccc54)cc3)n2)cc1. The van der Waals surface area contributed by atoms with Crippen molar-refractivity contribution in [1.82, 2.24) is 9.97 Å². The highest BCUT2D eigenvalue weighted by Crippen LogP contribution is 2.56. The van der Waals surface area contributed by atoms with Crippen molar-refractivity contribution < 1.29 is 0 Å². The van der Waals surface area contributed by atoms with Gasteiger partial charge in [0.25, 0.3) is 0 Å². The van der Waals surface area contributed by atoms with Crippen LogP contribution in [0.2, 0.25) is 0 Å². The molecule has 0 unspecified atom stereocenters. The van der Waals surface area contributed by atoms with Gasteiger partial charge in [-0.15, -0.1) is 11.3 Å². The Balaban J connectivity index is 1.02. The molecule has 56 heavy (non-hydrogen) atoms. The maximum atomic E-state index is 5.18. The van der Waals surface area contributed by atoms with E-state index in [-0.39, 0.29) is 0 Å². The summed E-state index contributed by atoms with van der Waals surface area (Å²) in [6.07, 6.45) is 0. The maximum absolute atomic E-state index is 5.18. The number of thiophene rings is 1. The lowest BCUT2D eigenvalue weighted by Crippen LogP contribution is -2.28. The Bertz CT molecular complexity index is 3010. The third kappa shape index (κ3) is 5.09. The van der Waals surface area contributed by atoms with Gasteiger partial charge < -0.3 is 0 Å². The van der Waals surface area contributed by atoms with Gasteiger partial charge in [0.15, 0.2) is 5.82 Å². The molecule has 2 aromatic heterocycles. The lowest BCUT2D eigenvalue weighted by Gasteiger charge is -2.34. The van der Waals surface area contributed by atoms with Crippen molar-refractivity contribution in [2.45, 2.75) is 5.41 Å². The van der Waals surface area contributed by atoms with Gasteiger partial charge in [-0.2, -0.15) is 0 Å². The van der Waals surface area contributed by atoms with Crippen LogP contribution in [-0.2, 0) is 5.41 Å². The molecule has 0 amide bonds. The topological polar surface area (TPSA) is 25.8 Å². The first-order valence-electron chi connectivity index (χ1n) is 19.1. The van der Waals surface area contributed by atoms with E-state index in [0.717, 1.165) is 28.1 Å². The zero-order valence-corrected chi connectivity index (χ0v) is 31.2. The first kappa shape index (κ1) is 32.5. The fourth-order valence-electron chi connectivity index (χ4n) is 8.86. The van der Waals surface area contributed by atoms with E-state index in [1.807, 2.05) is 29.5 Å². The van der Waals surface area contributed by atoms with Crippen molar-refractivity contribution in [1.29, 1.82) is 0 Å². The first-order chi connectivity index (χ1) is 27.8. The third-order valence-electron chi connectivity index (χ3n) is 11.4. The van der Waals surface area contributed by atoms with Crippen LogP contribution >= 0.6 is 11.3 Å². The number of hydrogen-bond donors (Lipinski definition) is 0. The lowest BCUT2D eigenvalue weighted by atomic mass is 9.67. The van der Waals surface area contributed by atoms with Crippen molar-refractivity contribution in [3.8, 4) is 56.2 Å². The Labute approximate surface area is 330 Å². The molecule has 0 fully saturated rings. The fourth-order valence-corrected chi connectivity index (χ4v) is 10.1. The average molecular weight is 731 g/mol. The van der Waals surface area contributed by atoms with Crippen LogP contribution in [-0.4, -0.2) is 9.97 Å². The molecule has 0 saturated heterocycles. The first-order valence-corrected chi connectivity index (χ1v) is 19.9. The number of hydrogen-bond acceptors (Lipinski definition) is 3. The highest BCUT2D eigenvalue weighted by molar-refractivity contribution is 7.26. The van der Waals surface area contributed by atoms with Gasteiger partial charge >= 0.3 is 0 Å². The molecule has 0 saturated carbocycles. The molecule has 3 heteroatoms. The highest BCUT2D eigenvalue weighted by Gasteiger charge is 2.45. The summed E-state index contributed by atoms with van der Waals surface area (Å²) in [5, 5.41) is 2.62. The molecule has 0 N–H and O–H groups in total. The predicted molar refractivity (Wildman–Crippen MR) is 234 cm³/mol. The summed E-state index contributed by atoms with van der Waals surface area (Å²) >= 11 is 1.86. The fraction of sp³-hybridized carbons (Fsp3) is 0.0189. The summed E-state index contributed by atoms with van der Waals surface area (Å²) in [6.45, 7) is 0. The van der Waals surface area contributed by atoms with Crippen molar-refractivity contribution in [2.75, 3.05) is 0 Å². The minimum atomic E-state index is -0.444. The Kier molecular flexibility index (Phi) is 7.61. The molecule has 2 heterocycles. The maximum Gasteiger partial charge on any atom is 0.160 e. The number of fused-ring (bicyclic) bond motifs is 6. The lowest BCUT2D eigenvalue weighted by molar-refractivity contribution is 0.768. The second kappa shape index (κ2) is 13.1. The molecule has 10 aromatic rings. The second-order valence-electron chi connectivity index (χ2n) is 14.5. The zero-order valence-electron chi connectivity index (χ0n) is 30.4. The quantitative estimate of drug-likeness (QED) is 0.170. The molecule has 1 aliphatic rings. The summed E-state index contributed by atoms with van der Waals surface area (Å²) in [5.41, 5.74) is 14.6. The van der Waals surface area contributed by atoms with Crippen LogP contribution in [0.5, 0.6) is 0 Å². The van der Waals surface area contributed by atoms with E-state index in [1.165, 1.54) is 64.7 Å². The van der Waals surface area contributed by atoms with Gasteiger partial charge in [-0.1, -0.05) is 194 Å². The van der Waals surface area contributed by atoms with Crippen molar-refractivity contribution in [3.05, 3.63) is 229 Å². The molecule has 0 spiro atoms. The molecular formula is C53H34N2S. The van der Waals surface area contributed by atoms with Crippen LogP contribution in [0, 0.1) is 0 Å². The van der Waals surface area contributed by atoms with Gasteiger partial charge in [-0.25, -0.2) is 9.97 Å². The minimum Gasteiger partial charge on any atom is -0.228 e. The van der Waals surface area contributed by atoms with Crippen molar-refractivity contribution >= 4 is 31.5 Å². The molecule has 0 radical (unpaired) electrons. The van der Waals surface area contributed by atoms with Gasteiger partial charge in [0.05, 0.1) is 16.8 Å². The number of nitrogens with zero attached hydrogens (tertiary/aromatic N) is 2. The largest absolute Gasteiger partial charge is 0.228 e. The Hall–Kier alpha value is -6.94. The molecule has 0 bridgehead atoms. The van der Waals surface area contributed by atoms with Gasteiger partial charge in [0.2, 0.25) is 0 Å². The van der Waals surface area contributed by atoms with E-state index in [1.54, 1.807) is 0 Å². The second-order valence-corrected chi connectivity index (χ2v) is 15.5. The standard InChI is InChI=1S/C53H34N2S/c1-3-14-38(15-4-1)52-54-48(36-28-26-35(27-29-36)41-21-13-22-45-44-20-9-12-25-50(44)56-51(41)45)34-49(55-52)37-30-32-40(33-31-37)53(39-16-5-2-6-17-39)46-23-10-7-18-42(46)43-19-8-11-24-47(43)53/h1-34H. The van der Waals surface area contributed by atoms with Crippen molar-refractivity contribution in [3.63, 3.8) is 0 Å². The summed E-state index contributed by atoms with van der Waals surface area (Å²) in [6, 6.07) is 74.4. The predicted octanol–water partition coefficient (Wildman–Crippen LogP) is 13.9. The summed E-state index contributed by atoms with van der Waals surface area (Å²) in [7, 11) is 0. The summed E-state index contributed by atoms with van der Waals surface area (Å²) in [4.78, 5) is 10.3.